The van der Waals surface area contributed by atoms with E-state index in [9.17, 15) is 14.7 Å². The van der Waals surface area contributed by atoms with Crippen LogP contribution in [0.5, 0.6) is 11.5 Å². The molecule has 0 aliphatic rings. The average molecular weight is 376 g/mol. The van der Waals surface area contributed by atoms with Gasteiger partial charge in [0.05, 0.1) is 12.8 Å². The third kappa shape index (κ3) is 6.10. The van der Waals surface area contributed by atoms with Gasteiger partial charge in [0.15, 0.2) is 0 Å². The van der Waals surface area contributed by atoms with E-state index in [1.165, 1.54) is 24.4 Å². The quantitative estimate of drug-likeness (QED) is 0.393. The summed E-state index contributed by atoms with van der Waals surface area (Å²) in [6.07, 6.45) is 0.843. The lowest BCUT2D eigenvalue weighted by Crippen LogP contribution is -2.24. The van der Waals surface area contributed by atoms with Gasteiger partial charge in [0.1, 0.15) is 17.9 Å². The van der Waals surface area contributed by atoms with Gasteiger partial charge in [-0.2, -0.15) is 5.10 Å². The second-order valence-electron chi connectivity index (χ2n) is 5.18. The Morgan fingerprint density at radius 1 is 1.19 bits per heavy atom. The van der Waals surface area contributed by atoms with Gasteiger partial charge in [-0.05, 0) is 49.4 Å². The Morgan fingerprint density at radius 2 is 1.92 bits per heavy atom. The monoisotopic (exact) mass is 375 g/mol. The van der Waals surface area contributed by atoms with Crippen LogP contribution >= 0.6 is 11.6 Å². The summed E-state index contributed by atoms with van der Waals surface area (Å²) >= 11 is 5.81. The smallest absolute Gasteiger partial charge is 0.249 e. The fourth-order valence-corrected chi connectivity index (χ4v) is 2.17. The highest BCUT2D eigenvalue weighted by Crippen LogP contribution is 2.19. The standard InChI is InChI=1S/C18H18ClN3O4/c1-2-26-15-6-4-14(5-7-15)21-17(24)10-18(25)22-20-11-12-9-13(19)3-8-16(12)23/h3-9,11,23H,2,10H2,1H3,(H,21,24)(H,22,25)/b20-11+. The minimum atomic E-state index is -0.591. The number of halogens is 1. The van der Waals surface area contributed by atoms with Crippen LogP contribution in [0.2, 0.25) is 5.02 Å². The summed E-state index contributed by atoms with van der Waals surface area (Å²) in [6.45, 7) is 2.43. The molecule has 136 valence electrons. The SMILES string of the molecule is CCOc1ccc(NC(=O)CC(=O)N/N=C/c2cc(Cl)ccc2O)cc1. The number of benzene rings is 2. The second-order valence-corrected chi connectivity index (χ2v) is 5.62. The minimum Gasteiger partial charge on any atom is -0.507 e. The zero-order chi connectivity index (χ0) is 18.9. The van der Waals surface area contributed by atoms with Gasteiger partial charge in [-0.1, -0.05) is 11.6 Å². The Kier molecular flexibility index (Phi) is 6.99. The van der Waals surface area contributed by atoms with Crippen molar-refractivity contribution in [2.75, 3.05) is 11.9 Å². The van der Waals surface area contributed by atoms with Crippen molar-refractivity contribution < 1.29 is 19.4 Å². The normalized spacial score (nSPS) is 10.5. The van der Waals surface area contributed by atoms with Crippen LogP contribution in [0.15, 0.2) is 47.6 Å². The predicted octanol–water partition coefficient (Wildman–Crippen LogP) is 2.92. The first-order valence-corrected chi connectivity index (χ1v) is 8.19. The highest BCUT2D eigenvalue weighted by molar-refractivity contribution is 6.30. The summed E-state index contributed by atoms with van der Waals surface area (Å²) < 4.78 is 5.31. The topological polar surface area (TPSA) is 100 Å². The molecule has 0 aliphatic carbocycles. The highest BCUT2D eigenvalue weighted by Gasteiger charge is 2.09. The van der Waals surface area contributed by atoms with Gasteiger partial charge in [-0.25, -0.2) is 5.43 Å². The molecule has 2 amide bonds. The molecule has 2 rings (SSSR count). The number of carbonyl (C=O) groups is 2. The summed E-state index contributed by atoms with van der Waals surface area (Å²) in [7, 11) is 0. The summed E-state index contributed by atoms with van der Waals surface area (Å²) in [5, 5.41) is 16.3. The molecule has 0 aromatic heterocycles. The summed E-state index contributed by atoms with van der Waals surface area (Å²) in [5.74, 6) is -0.402. The number of phenolic OH excluding ortho intramolecular Hbond substituents is 1. The van der Waals surface area contributed by atoms with Crippen LogP contribution in [-0.4, -0.2) is 29.7 Å². The fraction of sp³-hybridized carbons (Fsp3) is 0.167. The largest absolute Gasteiger partial charge is 0.507 e. The molecule has 2 aromatic rings. The number of hydrogen-bond acceptors (Lipinski definition) is 5. The number of amides is 2. The van der Waals surface area contributed by atoms with Crippen molar-refractivity contribution in [1.29, 1.82) is 0 Å². The molecule has 3 N–H and O–H groups in total. The molecule has 0 saturated heterocycles. The summed E-state index contributed by atoms with van der Waals surface area (Å²) in [4.78, 5) is 23.6. The van der Waals surface area contributed by atoms with Crippen LogP contribution < -0.4 is 15.5 Å². The number of nitrogens with zero attached hydrogens (tertiary/aromatic N) is 1. The van der Waals surface area contributed by atoms with E-state index in [1.807, 2.05) is 6.92 Å². The van der Waals surface area contributed by atoms with Crippen molar-refractivity contribution in [2.45, 2.75) is 13.3 Å². The lowest BCUT2D eigenvalue weighted by molar-refractivity contribution is -0.126. The molecule has 0 bridgehead atoms. The molecule has 0 unspecified atom stereocenters. The van der Waals surface area contributed by atoms with Crippen molar-refractivity contribution in [3.05, 3.63) is 53.1 Å². The van der Waals surface area contributed by atoms with Gasteiger partial charge in [-0.3, -0.25) is 9.59 Å². The molecule has 0 saturated carbocycles. The first kappa shape index (κ1) is 19.3. The number of aromatic hydroxyl groups is 1. The zero-order valence-corrected chi connectivity index (χ0v) is 14.8. The van der Waals surface area contributed by atoms with Crippen molar-refractivity contribution in [1.82, 2.24) is 5.43 Å². The second kappa shape index (κ2) is 9.43. The van der Waals surface area contributed by atoms with Crippen LogP contribution in [-0.2, 0) is 9.59 Å². The van der Waals surface area contributed by atoms with Gasteiger partial charge in [-0.15, -0.1) is 0 Å². The third-order valence-corrected chi connectivity index (χ3v) is 3.39. The Morgan fingerprint density at radius 3 is 2.62 bits per heavy atom. The van der Waals surface area contributed by atoms with E-state index in [0.717, 1.165) is 0 Å². The Bertz CT molecular complexity index is 807. The molecule has 8 heteroatoms. The molecule has 0 spiro atoms. The van der Waals surface area contributed by atoms with Gasteiger partial charge >= 0.3 is 0 Å². The number of hydrazone groups is 1. The van der Waals surface area contributed by atoms with E-state index in [-0.39, 0.29) is 5.75 Å². The van der Waals surface area contributed by atoms with E-state index in [0.29, 0.717) is 28.6 Å². The van der Waals surface area contributed by atoms with Crippen LogP contribution in [0.1, 0.15) is 18.9 Å². The highest BCUT2D eigenvalue weighted by atomic mass is 35.5. The number of hydrogen-bond donors (Lipinski definition) is 3. The Hall–Kier alpha value is -3.06. The Labute approximate surface area is 155 Å². The summed E-state index contributed by atoms with van der Waals surface area (Å²) in [5.41, 5.74) is 3.11. The number of phenols is 1. The van der Waals surface area contributed by atoms with Crippen molar-refractivity contribution >= 4 is 35.3 Å². The molecular formula is C18H18ClN3O4. The average Bonchev–Trinajstić information content (AvgIpc) is 2.60. The maximum Gasteiger partial charge on any atom is 0.249 e. The Balaban J connectivity index is 1.82. The maximum absolute atomic E-state index is 11.9. The number of rotatable bonds is 7. The summed E-state index contributed by atoms with van der Waals surface area (Å²) in [6, 6.07) is 11.2. The predicted molar refractivity (Wildman–Crippen MR) is 99.7 cm³/mol. The van der Waals surface area contributed by atoms with E-state index >= 15 is 0 Å². The van der Waals surface area contributed by atoms with Crippen LogP contribution in [0, 0.1) is 0 Å². The van der Waals surface area contributed by atoms with Crippen molar-refractivity contribution in [2.24, 2.45) is 5.10 Å². The number of ether oxygens (including phenoxy) is 1. The van der Waals surface area contributed by atoms with E-state index in [1.54, 1.807) is 24.3 Å². The zero-order valence-electron chi connectivity index (χ0n) is 14.0. The molecule has 0 heterocycles. The first-order chi connectivity index (χ1) is 12.5. The molecule has 0 fully saturated rings. The maximum atomic E-state index is 11.9. The van der Waals surface area contributed by atoms with Gasteiger partial charge < -0.3 is 15.2 Å². The van der Waals surface area contributed by atoms with Crippen LogP contribution in [0.25, 0.3) is 0 Å². The molecule has 0 aliphatic heterocycles. The number of anilines is 1. The van der Waals surface area contributed by atoms with Crippen LogP contribution in [0.3, 0.4) is 0 Å². The molecular weight excluding hydrogens is 358 g/mol. The third-order valence-electron chi connectivity index (χ3n) is 3.15. The van der Waals surface area contributed by atoms with Gasteiger partial charge in [0.25, 0.3) is 0 Å². The van der Waals surface area contributed by atoms with E-state index in [4.69, 9.17) is 16.3 Å². The van der Waals surface area contributed by atoms with Gasteiger partial charge in [0, 0.05) is 16.3 Å². The molecule has 26 heavy (non-hydrogen) atoms. The molecule has 2 aromatic carbocycles. The molecule has 7 nitrogen and oxygen atoms in total. The van der Waals surface area contributed by atoms with Crippen LogP contribution in [0.4, 0.5) is 5.69 Å². The van der Waals surface area contributed by atoms with E-state index < -0.39 is 18.2 Å². The van der Waals surface area contributed by atoms with Crippen molar-refractivity contribution in [3.8, 4) is 11.5 Å². The first-order valence-electron chi connectivity index (χ1n) is 7.81. The lowest BCUT2D eigenvalue weighted by Gasteiger charge is -2.06. The minimum absolute atomic E-state index is 0.0272. The number of nitrogens with one attached hydrogen (secondary N) is 2. The number of carbonyl (C=O) groups excluding carboxylic acids is 2. The van der Waals surface area contributed by atoms with Gasteiger partial charge in [0.2, 0.25) is 11.8 Å². The fourth-order valence-electron chi connectivity index (χ4n) is 1.99. The van der Waals surface area contributed by atoms with Crippen molar-refractivity contribution in [3.63, 3.8) is 0 Å². The lowest BCUT2D eigenvalue weighted by atomic mass is 10.2. The molecule has 0 atom stereocenters. The molecule has 0 radical (unpaired) electrons. The van der Waals surface area contributed by atoms with E-state index in [2.05, 4.69) is 15.8 Å².